The first kappa shape index (κ1) is 24.0. The van der Waals surface area contributed by atoms with Gasteiger partial charge >= 0.3 is 5.97 Å². The fraction of sp³-hybridized carbons (Fsp3) is 0.391. The van der Waals surface area contributed by atoms with Gasteiger partial charge in [-0.2, -0.15) is 0 Å². The summed E-state index contributed by atoms with van der Waals surface area (Å²) < 4.78 is 5.33. The Kier molecular flexibility index (Phi) is 8.20. The minimum Gasteiger partial charge on any atom is -0.508 e. The third-order valence-corrected chi connectivity index (χ3v) is 5.38. The van der Waals surface area contributed by atoms with Crippen LogP contribution in [0.5, 0.6) is 5.75 Å². The molecule has 0 aliphatic carbocycles. The number of nitrogen functional groups attached to an aromatic ring is 1. The molecule has 2 amide bonds. The zero-order valence-electron chi connectivity index (χ0n) is 18.1. The molecule has 1 fully saturated rings. The summed E-state index contributed by atoms with van der Waals surface area (Å²) in [5.41, 5.74) is 6.96. The molecule has 0 bridgehead atoms. The zero-order chi connectivity index (χ0) is 23.8. The number of aromatic nitrogens is 1. The lowest BCUT2D eigenvalue weighted by molar-refractivity contribution is -0.147. The lowest BCUT2D eigenvalue weighted by Gasteiger charge is -2.34. The second-order valence-electron chi connectivity index (χ2n) is 7.95. The SMILES string of the molecule is Nc1cccc(CC(=O)N[C@@H](Cc2ccc(O)cc2)C(=O)N2CCC(OCC(=O)O)CC2)n1. The van der Waals surface area contributed by atoms with Gasteiger partial charge in [0, 0.05) is 19.5 Å². The average Bonchev–Trinajstić information content (AvgIpc) is 2.78. The molecule has 0 radical (unpaired) electrons. The number of carboxylic acids is 1. The Morgan fingerprint density at radius 3 is 2.48 bits per heavy atom. The maximum absolute atomic E-state index is 13.3. The number of piperidine rings is 1. The molecule has 10 nitrogen and oxygen atoms in total. The minimum absolute atomic E-state index is 0.0184. The normalized spacial score (nSPS) is 15.1. The number of rotatable bonds is 9. The topological polar surface area (TPSA) is 155 Å². The zero-order valence-corrected chi connectivity index (χ0v) is 18.1. The molecule has 1 aromatic heterocycles. The molecule has 1 aromatic carbocycles. The molecule has 1 aliphatic heterocycles. The number of aromatic hydroxyl groups is 1. The van der Waals surface area contributed by atoms with Crippen molar-refractivity contribution >= 4 is 23.6 Å². The Balaban J connectivity index is 1.65. The maximum Gasteiger partial charge on any atom is 0.329 e. The number of carbonyl (C=O) groups excluding carboxylic acids is 2. The van der Waals surface area contributed by atoms with Crippen LogP contribution >= 0.6 is 0 Å². The summed E-state index contributed by atoms with van der Waals surface area (Å²) in [5.74, 6) is -1.19. The van der Waals surface area contributed by atoms with Crippen LogP contribution < -0.4 is 11.1 Å². The van der Waals surface area contributed by atoms with E-state index in [-0.39, 0.29) is 43.1 Å². The van der Waals surface area contributed by atoms with Crippen LogP contribution in [0.3, 0.4) is 0 Å². The number of amides is 2. The maximum atomic E-state index is 13.3. The first-order chi connectivity index (χ1) is 15.8. The van der Waals surface area contributed by atoms with Crippen molar-refractivity contribution in [3.05, 3.63) is 53.7 Å². The highest BCUT2D eigenvalue weighted by atomic mass is 16.5. The van der Waals surface area contributed by atoms with Crippen molar-refractivity contribution in [2.75, 3.05) is 25.4 Å². The predicted molar refractivity (Wildman–Crippen MR) is 119 cm³/mol. The highest BCUT2D eigenvalue weighted by Crippen LogP contribution is 2.17. The second kappa shape index (κ2) is 11.3. The number of hydrogen-bond acceptors (Lipinski definition) is 7. The van der Waals surface area contributed by atoms with Crippen LogP contribution in [0, 0.1) is 0 Å². The molecule has 1 atom stereocenters. The Labute approximate surface area is 191 Å². The van der Waals surface area contributed by atoms with Gasteiger partial charge in [0.05, 0.1) is 18.2 Å². The molecule has 1 saturated heterocycles. The number of aliphatic carboxylic acids is 1. The number of likely N-dealkylation sites (tertiary alicyclic amines) is 1. The van der Waals surface area contributed by atoms with Crippen molar-refractivity contribution in [3.63, 3.8) is 0 Å². The molecule has 2 heterocycles. The van der Waals surface area contributed by atoms with E-state index in [0.717, 1.165) is 5.56 Å². The molecule has 5 N–H and O–H groups in total. The number of nitrogens with one attached hydrogen (secondary N) is 1. The van der Waals surface area contributed by atoms with Crippen LogP contribution in [0.2, 0.25) is 0 Å². The van der Waals surface area contributed by atoms with E-state index in [1.807, 2.05) is 0 Å². The number of carboxylic acid groups (broad SMARTS) is 1. The highest BCUT2D eigenvalue weighted by Gasteiger charge is 2.30. The van der Waals surface area contributed by atoms with E-state index < -0.39 is 12.0 Å². The number of ether oxygens (including phenoxy) is 1. The Hall–Kier alpha value is -3.66. The number of hydrogen-bond donors (Lipinski definition) is 4. The largest absolute Gasteiger partial charge is 0.508 e. The van der Waals surface area contributed by atoms with Crippen LogP contribution in [0.15, 0.2) is 42.5 Å². The highest BCUT2D eigenvalue weighted by molar-refractivity contribution is 5.88. The number of anilines is 1. The lowest BCUT2D eigenvalue weighted by Crippen LogP contribution is -2.52. The fourth-order valence-electron chi connectivity index (χ4n) is 3.73. The molecule has 1 aliphatic rings. The molecule has 176 valence electrons. The van der Waals surface area contributed by atoms with Gasteiger partial charge < -0.3 is 30.9 Å². The van der Waals surface area contributed by atoms with E-state index >= 15 is 0 Å². The van der Waals surface area contributed by atoms with Crippen LogP contribution in [0.4, 0.5) is 5.82 Å². The third kappa shape index (κ3) is 7.46. The smallest absolute Gasteiger partial charge is 0.329 e. The number of nitrogens with zero attached hydrogens (tertiary/aromatic N) is 2. The lowest BCUT2D eigenvalue weighted by atomic mass is 10.0. The molecule has 2 aromatic rings. The minimum atomic E-state index is -1.03. The Bertz CT molecular complexity index is 973. The molecule has 0 saturated carbocycles. The van der Waals surface area contributed by atoms with Crippen molar-refractivity contribution in [2.45, 2.75) is 37.8 Å². The Morgan fingerprint density at radius 2 is 1.85 bits per heavy atom. The van der Waals surface area contributed by atoms with Crippen LogP contribution in [0.25, 0.3) is 0 Å². The average molecular weight is 456 g/mol. The van der Waals surface area contributed by atoms with Crippen LogP contribution in [-0.2, 0) is 32.0 Å². The van der Waals surface area contributed by atoms with Crippen molar-refractivity contribution in [2.24, 2.45) is 0 Å². The molecule has 10 heteroatoms. The molecule has 0 unspecified atom stereocenters. The number of pyridine rings is 1. The van der Waals surface area contributed by atoms with Crippen LogP contribution in [-0.4, -0.2) is 69.7 Å². The molecule has 0 spiro atoms. The summed E-state index contributed by atoms with van der Waals surface area (Å²) in [7, 11) is 0. The summed E-state index contributed by atoms with van der Waals surface area (Å²) >= 11 is 0. The molecule has 3 rings (SSSR count). The van der Waals surface area contributed by atoms with Gasteiger partial charge in [-0.05, 0) is 42.7 Å². The van der Waals surface area contributed by atoms with Gasteiger partial charge in [0.1, 0.15) is 24.2 Å². The van der Waals surface area contributed by atoms with Crippen molar-refractivity contribution in [1.29, 1.82) is 0 Å². The van der Waals surface area contributed by atoms with Gasteiger partial charge in [-0.1, -0.05) is 18.2 Å². The summed E-state index contributed by atoms with van der Waals surface area (Å²) in [5, 5.41) is 21.1. The van der Waals surface area contributed by atoms with Gasteiger partial charge in [-0.25, -0.2) is 9.78 Å². The van der Waals surface area contributed by atoms with Gasteiger partial charge in [-0.15, -0.1) is 0 Å². The number of phenols is 1. The summed E-state index contributed by atoms with van der Waals surface area (Å²) in [6.07, 6.45) is 1.06. The number of benzene rings is 1. The van der Waals surface area contributed by atoms with Gasteiger partial charge in [0.2, 0.25) is 11.8 Å². The van der Waals surface area contributed by atoms with E-state index in [1.165, 1.54) is 12.1 Å². The van der Waals surface area contributed by atoms with Gasteiger partial charge in [0.15, 0.2) is 0 Å². The van der Waals surface area contributed by atoms with E-state index in [2.05, 4.69) is 10.3 Å². The summed E-state index contributed by atoms with van der Waals surface area (Å²) in [6, 6.07) is 10.7. The monoisotopic (exact) mass is 456 g/mol. The fourth-order valence-corrected chi connectivity index (χ4v) is 3.73. The molecule has 33 heavy (non-hydrogen) atoms. The predicted octanol–water partition coefficient (Wildman–Crippen LogP) is 0.732. The molecular formula is C23H28N4O6. The Morgan fingerprint density at radius 1 is 1.15 bits per heavy atom. The number of phenolic OH excluding ortho intramolecular Hbond substituents is 1. The standard InChI is InChI=1S/C23H28N4O6/c24-20-3-1-2-16(25-20)13-21(29)26-19(12-15-4-6-17(28)7-5-15)23(32)27-10-8-18(9-11-27)33-14-22(30)31/h1-7,18-19,28H,8-14H2,(H2,24,25)(H,26,29)(H,30,31)/t19-/m0/s1. The van der Waals surface area contributed by atoms with E-state index in [0.29, 0.717) is 37.4 Å². The third-order valence-electron chi connectivity index (χ3n) is 5.38. The van der Waals surface area contributed by atoms with Crippen LogP contribution in [0.1, 0.15) is 24.1 Å². The second-order valence-corrected chi connectivity index (χ2v) is 7.95. The van der Waals surface area contributed by atoms with Gasteiger partial charge in [0.25, 0.3) is 0 Å². The number of carbonyl (C=O) groups is 3. The summed E-state index contributed by atoms with van der Waals surface area (Å²) in [6.45, 7) is 0.444. The first-order valence-electron chi connectivity index (χ1n) is 10.7. The first-order valence-corrected chi connectivity index (χ1v) is 10.7. The van der Waals surface area contributed by atoms with Crippen molar-refractivity contribution in [3.8, 4) is 5.75 Å². The van der Waals surface area contributed by atoms with Crippen molar-refractivity contribution in [1.82, 2.24) is 15.2 Å². The molecular weight excluding hydrogens is 428 g/mol. The van der Waals surface area contributed by atoms with E-state index in [1.54, 1.807) is 35.2 Å². The van der Waals surface area contributed by atoms with Gasteiger partial charge in [-0.3, -0.25) is 9.59 Å². The van der Waals surface area contributed by atoms with Crippen molar-refractivity contribution < 1.29 is 29.3 Å². The van der Waals surface area contributed by atoms with E-state index in [4.69, 9.17) is 15.6 Å². The summed E-state index contributed by atoms with van der Waals surface area (Å²) in [4.78, 5) is 42.4. The number of nitrogens with two attached hydrogens (primary N) is 1. The quantitative estimate of drug-likeness (QED) is 0.430. The van der Waals surface area contributed by atoms with E-state index in [9.17, 15) is 19.5 Å².